The summed E-state index contributed by atoms with van der Waals surface area (Å²) >= 11 is 0. The number of halogens is 2. The molecule has 38 heavy (non-hydrogen) atoms. The van der Waals surface area contributed by atoms with Gasteiger partial charge in [0.05, 0.1) is 5.70 Å². The van der Waals surface area contributed by atoms with E-state index in [1.807, 2.05) is 32.9 Å². The summed E-state index contributed by atoms with van der Waals surface area (Å²) in [7, 11) is 0. The summed E-state index contributed by atoms with van der Waals surface area (Å²) in [5.74, 6) is -3.21. The molecule has 0 aliphatic rings. The van der Waals surface area contributed by atoms with Crippen LogP contribution in [0.5, 0.6) is 0 Å². The van der Waals surface area contributed by atoms with Gasteiger partial charge in [-0.3, -0.25) is 4.99 Å². The molecule has 1 aromatic carbocycles. The smallest absolute Gasteiger partial charge is 0.252 e. The predicted octanol–water partition coefficient (Wildman–Crippen LogP) is 10.2. The Morgan fingerprint density at radius 3 is 2.24 bits per heavy atom. The Labute approximate surface area is 230 Å². The molecule has 0 amide bonds. The van der Waals surface area contributed by atoms with E-state index < -0.39 is 11.8 Å². The number of aliphatic imine (C=N–C) groups is 1. The summed E-state index contributed by atoms with van der Waals surface area (Å²) in [5, 5.41) is 0. The van der Waals surface area contributed by atoms with E-state index in [0.29, 0.717) is 24.3 Å². The van der Waals surface area contributed by atoms with Gasteiger partial charge >= 0.3 is 0 Å². The van der Waals surface area contributed by atoms with Gasteiger partial charge in [-0.25, -0.2) is 8.78 Å². The van der Waals surface area contributed by atoms with Gasteiger partial charge in [0.2, 0.25) is 0 Å². The van der Waals surface area contributed by atoms with E-state index in [0.717, 1.165) is 35.0 Å². The number of nitrogens with two attached hydrogens (primary N) is 1. The van der Waals surface area contributed by atoms with E-state index in [9.17, 15) is 8.78 Å². The van der Waals surface area contributed by atoms with Gasteiger partial charge in [0.15, 0.2) is 0 Å². The lowest BCUT2D eigenvalue weighted by Crippen LogP contribution is -2.26. The zero-order valence-corrected chi connectivity index (χ0v) is 24.7. The van der Waals surface area contributed by atoms with E-state index >= 15 is 0 Å². The predicted molar refractivity (Wildman–Crippen MR) is 165 cm³/mol. The molecule has 0 spiro atoms. The van der Waals surface area contributed by atoms with Gasteiger partial charge in [0, 0.05) is 17.2 Å². The third kappa shape index (κ3) is 12.8. The van der Waals surface area contributed by atoms with E-state index in [2.05, 4.69) is 77.3 Å². The van der Waals surface area contributed by atoms with Crippen molar-refractivity contribution in [3.63, 3.8) is 0 Å². The molecule has 0 aliphatic heterocycles. The van der Waals surface area contributed by atoms with Crippen LogP contribution in [0.15, 0.2) is 108 Å². The molecule has 1 unspecified atom stereocenters. The molecule has 1 atom stereocenters. The maximum absolute atomic E-state index is 13.3. The number of aryl methyl sites for hydroxylation is 1. The van der Waals surface area contributed by atoms with Crippen LogP contribution in [0.3, 0.4) is 0 Å². The lowest BCUT2D eigenvalue weighted by atomic mass is 9.89. The van der Waals surface area contributed by atoms with Crippen molar-refractivity contribution in [1.82, 2.24) is 0 Å². The van der Waals surface area contributed by atoms with Crippen LogP contribution >= 0.6 is 0 Å². The maximum atomic E-state index is 13.3. The highest BCUT2D eigenvalue weighted by Crippen LogP contribution is 2.34. The van der Waals surface area contributed by atoms with E-state index in [-0.39, 0.29) is 0 Å². The van der Waals surface area contributed by atoms with Gasteiger partial charge in [-0.2, -0.15) is 0 Å². The Hall–Kier alpha value is -3.27. The molecule has 0 saturated carbocycles. The van der Waals surface area contributed by atoms with E-state index in [1.54, 1.807) is 18.2 Å². The summed E-state index contributed by atoms with van der Waals surface area (Å²) < 4.78 is 26.6. The third-order valence-corrected chi connectivity index (χ3v) is 5.74. The van der Waals surface area contributed by atoms with Crippen molar-refractivity contribution >= 4 is 11.4 Å². The normalized spacial score (nSPS) is 14.6. The summed E-state index contributed by atoms with van der Waals surface area (Å²) in [6.07, 6.45) is 15.3. The second-order valence-corrected chi connectivity index (χ2v) is 9.78. The minimum atomic E-state index is -2.74. The first-order chi connectivity index (χ1) is 17.8. The highest BCUT2D eigenvalue weighted by molar-refractivity contribution is 6.03. The van der Waals surface area contributed by atoms with Crippen LogP contribution < -0.4 is 5.73 Å². The quantitative estimate of drug-likeness (QED) is 0.215. The fourth-order valence-electron chi connectivity index (χ4n) is 3.87. The molecule has 0 saturated heterocycles. The van der Waals surface area contributed by atoms with Crippen LogP contribution in [0.4, 0.5) is 8.78 Å². The topological polar surface area (TPSA) is 38.4 Å². The number of nitrogens with zero attached hydrogens (tertiary/aromatic N) is 1. The lowest BCUT2D eigenvalue weighted by Gasteiger charge is -2.24. The molecule has 1 rings (SSSR count). The fraction of sp³-hybridized carbons (Fsp3) is 0.382. The number of allylic oxidation sites excluding steroid dienone is 10. The molecule has 0 aromatic heterocycles. The maximum Gasteiger partial charge on any atom is 0.252 e. The van der Waals surface area contributed by atoms with Crippen LogP contribution in [0.25, 0.3) is 5.70 Å². The Bertz CT molecular complexity index is 1070. The highest BCUT2D eigenvalue weighted by Gasteiger charge is 2.34. The van der Waals surface area contributed by atoms with Crippen LogP contribution in [0.2, 0.25) is 0 Å². The first-order valence-corrected chi connectivity index (χ1v) is 13.2. The molecule has 2 nitrogen and oxygen atoms in total. The number of hydrogen-bond donors (Lipinski definition) is 1. The first-order valence-electron chi connectivity index (χ1n) is 13.2. The third-order valence-electron chi connectivity index (χ3n) is 5.74. The number of alkyl halides is 2. The van der Waals surface area contributed by atoms with E-state index in [4.69, 9.17) is 10.7 Å². The average Bonchev–Trinajstić information content (AvgIpc) is 2.83. The number of rotatable bonds is 12. The van der Waals surface area contributed by atoms with Crippen LogP contribution in [-0.2, 0) is 0 Å². The lowest BCUT2D eigenvalue weighted by molar-refractivity contribution is -0.0270. The molecular weight excluding hydrogens is 474 g/mol. The van der Waals surface area contributed by atoms with Crippen molar-refractivity contribution in [3.05, 3.63) is 114 Å². The minimum Gasteiger partial charge on any atom is -0.404 e. The highest BCUT2D eigenvalue weighted by atomic mass is 19.3. The Kier molecular flexibility index (Phi) is 16.5. The summed E-state index contributed by atoms with van der Waals surface area (Å²) in [5.41, 5.74) is 12.4. The van der Waals surface area contributed by atoms with Crippen molar-refractivity contribution < 1.29 is 8.78 Å². The largest absolute Gasteiger partial charge is 0.404 e. The molecular formula is C34H48F2N2. The standard InChI is InChI=1S/C22H29N.C12H19F2N/c1-8-9-10-13-19(7)22(20-14-11-12-18(6)15-20)23-21(16(2)3)17(4)5;1-4-6-8-10(9-15)11(7-5-2)12(3,13)14/h8-15,17H,2H2,1,3-7H3;4,6,8-9,11H,1,5,7,15H2,2-3H3/b9-8-,13-10-,22-19+,23-21?;8-6-,10-9+. The van der Waals surface area contributed by atoms with Crippen molar-refractivity contribution in [2.24, 2.45) is 22.6 Å². The van der Waals surface area contributed by atoms with Crippen LogP contribution in [0.1, 0.15) is 72.4 Å². The average molecular weight is 523 g/mol. The molecule has 4 heteroatoms. The molecule has 2 N–H and O–H groups in total. The first kappa shape index (κ1) is 34.7. The Morgan fingerprint density at radius 1 is 1.13 bits per heavy atom. The summed E-state index contributed by atoms with van der Waals surface area (Å²) in [6, 6.07) is 8.49. The molecule has 0 aliphatic carbocycles. The molecule has 0 radical (unpaired) electrons. The van der Waals surface area contributed by atoms with Gasteiger partial charge in [-0.15, -0.1) is 0 Å². The molecule has 0 fully saturated rings. The molecule has 208 valence electrons. The summed E-state index contributed by atoms with van der Waals surface area (Å²) in [6.45, 7) is 23.0. The monoisotopic (exact) mass is 522 g/mol. The van der Waals surface area contributed by atoms with Crippen molar-refractivity contribution in [1.29, 1.82) is 0 Å². The second-order valence-electron chi connectivity index (χ2n) is 9.78. The van der Waals surface area contributed by atoms with Crippen LogP contribution in [0, 0.1) is 18.8 Å². The van der Waals surface area contributed by atoms with Gasteiger partial charge in [-0.05, 0) is 75.9 Å². The van der Waals surface area contributed by atoms with E-state index in [1.165, 1.54) is 11.8 Å². The van der Waals surface area contributed by atoms with Crippen molar-refractivity contribution in [2.45, 2.75) is 74.2 Å². The molecule has 0 bridgehead atoms. The van der Waals surface area contributed by atoms with Crippen molar-refractivity contribution in [2.75, 3.05) is 0 Å². The van der Waals surface area contributed by atoms with Gasteiger partial charge < -0.3 is 5.73 Å². The zero-order valence-electron chi connectivity index (χ0n) is 24.7. The van der Waals surface area contributed by atoms with Crippen LogP contribution in [-0.4, -0.2) is 11.6 Å². The molecule has 0 heterocycles. The van der Waals surface area contributed by atoms with Gasteiger partial charge in [-0.1, -0.05) is 107 Å². The number of benzene rings is 1. The minimum absolute atomic E-state index is 0.347. The zero-order chi connectivity index (χ0) is 29.3. The number of hydrogen-bond acceptors (Lipinski definition) is 2. The van der Waals surface area contributed by atoms with Gasteiger partial charge in [0.1, 0.15) is 0 Å². The Morgan fingerprint density at radius 2 is 1.79 bits per heavy atom. The SMILES string of the molecule is C=C(C)C(=N/C(=C(C)/C=C\C=C/C)c1cccc(C)c1)C(C)C.C=C/C=C\C(=C/N)C(CCC)C(C)(F)F. The van der Waals surface area contributed by atoms with Gasteiger partial charge in [0.25, 0.3) is 5.92 Å². The Balaban J connectivity index is 0.000000793. The fourth-order valence-corrected chi connectivity index (χ4v) is 3.87. The van der Waals surface area contributed by atoms with Crippen molar-refractivity contribution in [3.8, 4) is 0 Å². The summed E-state index contributed by atoms with van der Waals surface area (Å²) in [4.78, 5) is 4.99. The molecule has 1 aromatic rings. The second kappa shape index (κ2) is 18.1.